The highest BCUT2D eigenvalue weighted by Gasteiger charge is 2.27. The number of hydrogen-bond acceptors (Lipinski definition) is 4. The molecule has 0 bridgehead atoms. The fourth-order valence-corrected chi connectivity index (χ4v) is 3.00. The van der Waals surface area contributed by atoms with Crippen LogP contribution in [0, 0.1) is 5.82 Å². The summed E-state index contributed by atoms with van der Waals surface area (Å²) in [5.74, 6) is 0.797. The van der Waals surface area contributed by atoms with Gasteiger partial charge in [0, 0.05) is 32.4 Å². The minimum atomic E-state index is -0.372. The van der Waals surface area contributed by atoms with Gasteiger partial charge in [0.05, 0.1) is 6.54 Å². The molecule has 136 valence electrons. The highest BCUT2D eigenvalue weighted by Crippen LogP contribution is 2.16. The van der Waals surface area contributed by atoms with E-state index in [0.717, 1.165) is 21.8 Å². The molecule has 0 radical (unpaired) electrons. The number of rotatable bonds is 7. The number of aliphatic imine (C=N–C) groups is 1. The molecule has 0 saturated carbocycles. The Labute approximate surface area is 150 Å². The second kappa shape index (κ2) is 9.26. The third kappa shape index (κ3) is 5.35. The Morgan fingerprint density at radius 2 is 2.16 bits per heavy atom. The van der Waals surface area contributed by atoms with E-state index in [9.17, 15) is 14.0 Å². The van der Waals surface area contributed by atoms with Crippen LogP contribution in [0.2, 0.25) is 0 Å². The van der Waals surface area contributed by atoms with Gasteiger partial charge in [-0.15, -0.1) is 0 Å². The zero-order valence-electron chi connectivity index (χ0n) is 14.3. The lowest BCUT2D eigenvalue weighted by molar-refractivity contribution is -0.124. The lowest BCUT2D eigenvalue weighted by Gasteiger charge is -2.16. The molecule has 1 aliphatic rings. The lowest BCUT2D eigenvalue weighted by Crippen LogP contribution is -2.43. The summed E-state index contributed by atoms with van der Waals surface area (Å²) in [6.45, 7) is 1.20. The van der Waals surface area contributed by atoms with Crippen molar-refractivity contribution in [3.63, 3.8) is 0 Å². The predicted octanol–water partition coefficient (Wildman–Crippen LogP) is 0.905. The van der Waals surface area contributed by atoms with Crippen molar-refractivity contribution in [3.8, 4) is 0 Å². The number of hydrogen-bond donors (Lipinski definition) is 3. The Morgan fingerprint density at radius 1 is 1.36 bits per heavy atom. The molecule has 0 atom stereocenters. The molecule has 2 rings (SSSR count). The van der Waals surface area contributed by atoms with E-state index in [0.29, 0.717) is 19.0 Å². The minimum Gasteiger partial charge on any atom is -0.355 e. The number of benzene rings is 1. The first-order valence-electron chi connectivity index (χ1n) is 7.84. The molecule has 25 heavy (non-hydrogen) atoms. The van der Waals surface area contributed by atoms with Crippen LogP contribution in [0.15, 0.2) is 23.2 Å². The Kier molecular flexibility index (Phi) is 7.05. The third-order valence-corrected chi connectivity index (χ3v) is 4.30. The van der Waals surface area contributed by atoms with Crippen molar-refractivity contribution in [1.82, 2.24) is 20.9 Å². The van der Waals surface area contributed by atoms with Crippen LogP contribution < -0.4 is 16.0 Å². The fraction of sp³-hybridized carbons (Fsp3) is 0.438. The van der Waals surface area contributed by atoms with E-state index in [1.54, 1.807) is 30.9 Å². The maximum absolute atomic E-state index is 13.4. The summed E-state index contributed by atoms with van der Waals surface area (Å²) in [6.07, 6.45) is 1.97. The standard InChI is InChI=1S/C16H22FN5O2S/c1-18-15(19-5-6-22-14(23)9-21-16(22)24)20-8-11-3-4-13(17)7-12(11)10-25-2/h3-4,7H,5-6,8-10H2,1-2H3,(H,21,24)(H2,18,19,20). The highest BCUT2D eigenvalue weighted by molar-refractivity contribution is 7.97. The molecule has 1 aromatic carbocycles. The van der Waals surface area contributed by atoms with Gasteiger partial charge in [-0.1, -0.05) is 6.07 Å². The van der Waals surface area contributed by atoms with Gasteiger partial charge in [-0.2, -0.15) is 11.8 Å². The van der Waals surface area contributed by atoms with Crippen LogP contribution in [0.4, 0.5) is 9.18 Å². The van der Waals surface area contributed by atoms with Crippen molar-refractivity contribution in [2.75, 3.05) is 32.9 Å². The van der Waals surface area contributed by atoms with E-state index in [1.165, 1.54) is 6.07 Å². The van der Waals surface area contributed by atoms with Gasteiger partial charge < -0.3 is 16.0 Å². The quantitative estimate of drug-likeness (QED) is 0.379. The monoisotopic (exact) mass is 367 g/mol. The van der Waals surface area contributed by atoms with Gasteiger partial charge in [-0.3, -0.25) is 14.7 Å². The summed E-state index contributed by atoms with van der Waals surface area (Å²) < 4.78 is 13.4. The van der Waals surface area contributed by atoms with Crippen LogP contribution in [0.1, 0.15) is 11.1 Å². The first-order valence-corrected chi connectivity index (χ1v) is 9.23. The number of nitrogens with one attached hydrogen (secondary N) is 3. The van der Waals surface area contributed by atoms with Crippen LogP contribution >= 0.6 is 11.8 Å². The number of nitrogens with zero attached hydrogens (tertiary/aromatic N) is 2. The van der Waals surface area contributed by atoms with E-state index in [2.05, 4.69) is 20.9 Å². The molecule has 3 N–H and O–H groups in total. The second-order valence-electron chi connectivity index (χ2n) is 5.40. The summed E-state index contributed by atoms with van der Waals surface area (Å²) in [5.41, 5.74) is 1.93. The van der Waals surface area contributed by atoms with E-state index in [-0.39, 0.29) is 30.8 Å². The zero-order chi connectivity index (χ0) is 18.2. The Bertz CT molecular complexity index is 652. The SMILES string of the molecule is CN=C(NCCN1C(=O)CNC1=O)NCc1ccc(F)cc1CSC. The molecule has 3 amide bonds. The Balaban J connectivity index is 1.84. The number of thioether (sulfide) groups is 1. The van der Waals surface area contributed by atoms with Crippen LogP contribution in [-0.4, -0.2) is 55.7 Å². The van der Waals surface area contributed by atoms with Gasteiger partial charge in [0.2, 0.25) is 5.91 Å². The molecule has 0 unspecified atom stereocenters. The van der Waals surface area contributed by atoms with Crippen LogP contribution in [0.25, 0.3) is 0 Å². The largest absolute Gasteiger partial charge is 0.355 e. The predicted molar refractivity (Wildman–Crippen MR) is 96.9 cm³/mol. The molecule has 0 aliphatic carbocycles. The summed E-state index contributed by atoms with van der Waals surface area (Å²) in [7, 11) is 1.64. The number of carbonyl (C=O) groups excluding carboxylic acids is 2. The van der Waals surface area contributed by atoms with Crippen LogP contribution in [0.3, 0.4) is 0 Å². The summed E-state index contributed by atoms with van der Waals surface area (Å²) in [4.78, 5) is 28.2. The van der Waals surface area contributed by atoms with Crippen molar-refractivity contribution in [2.45, 2.75) is 12.3 Å². The first-order chi connectivity index (χ1) is 12.0. The number of halogens is 1. The fourth-order valence-electron chi connectivity index (χ4n) is 2.42. The van der Waals surface area contributed by atoms with Crippen LogP contribution in [0.5, 0.6) is 0 Å². The number of carbonyl (C=O) groups is 2. The van der Waals surface area contributed by atoms with Gasteiger partial charge in [0.25, 0.3) is 0 Å². The molecule has 1 fully saturated rings. The smallest absolute Gasteiger partial charge is 0.324 e. The molecule has 0 aromatic heterocycles. The van der Waals surface area contributed by atoms with Crippen molar-refractivity contribution in [3.05, 3.63) is 35.1 Å². The number of urea groups is 1. The van der Waals surface area contributed by atoms with Crippen molar-refractivity contribution in [1.29, 1.82) is 0 Å². The van der Waals surface area contributed by atoms with Crippen molar-refractivity contribution >= 4 is 29.7 Å². The normalized spacial score (nSPS) is 14.7. The molecule has 1 heterocycles. The molecule has 0 spiro atoms. The highest BCUT2D eigenvalue weighted by atomic mass is 32.2. The van der Waals surface area contributed by atoms with E-state index < -0.39 is 0 Å². The zero-order valence-corrected chi connectivity index (χ0v) is 15.1. The van der Waals surface area contributed by atoms with Crippen molar-refractivity contribution in [2.24, 2.45) is 4.99 Å². The van der Waals surface area contributed by atoms with Crippen LogP contribution in [-0.2, 0) is 17.1 Å². The molecule has 7 nitrogen and oxygen atoms in total. The average molecular weight is 367 g/mol. The summed E-state index contributed by atoms with van der Waals surface area (Å²) >= 11 is 1.63. The third-order valence-electron chi connectivity index (χ3n) is 3.70. The van der Waals surface area contributed by atoms with E-state index in [4.69, 9.17) is 0 Å². The van der Waals surface area contributed by atoms with Gasteiger partial charge in [-0.05, 0) is 29.5 Å². The number of guanidine groups is 1. The molecule has 1 aliphatic heterocycles. The maximum atomic E-state index is 13.4. The maximum Gasteiger partial charge on any atom is 0.324 e. The molecular formula is C16H22FN5O2S. The first kappa shape index (κ1) is 19.0. The molecular weight excluding hydrogens is 345 g/mol. The summed E-state index contributed by atoms with van der Waals surface area (Å²) in [5, 5.41) is 8.68. The van der Waals surface area contributed by atoms with Crippen molar-refractivity contribution < 1.29 is 14.0 Å². The van der Waals surface area contributed by atoms with E-state index >= 15 is 0 Å². The van der Waals surface area contributed by atoms with E-state index in [1.807, 2.05) is 6.26 Å². The number of imide groups is 1. The topological polar surface area (TPSA) is 85.8 Å². The molecule has 1 aromatic rings. The number of amides is 3. The van der Waals surface area contributed by atoms with Gasteiger partial charge in [0.1, 0.15) is 5.82 Å². The van der Waals surface area contributed by atoms with Gasteiger partial charge >= 0.3 is 6.03 Å². The van der Waals surface area contributed by atoms with Gasteiger partial charge in [-0.25, -0.2) is 9.18 Å². The Morgan fingerprint density at radius 3 is 2.80 bits per heavy atom. The minimum absolute atomic E-state index is 0.0502. The summed E-state index contributed by atoms with van der Waals surface area (Å²) in [6, 6.07) is 4.37. The Hall–Kier alpha value is -2.29. The molecule has 9 heteroatoms. The second-order valence-corrected chi connectivity index (χ2v) is 6.27. The van der Waals surface area contributed by atoms with Gasteiger partial charge in [0.15, 0.2) is 5.96 Å². The molecule has 1 saturated heterocycles. The average Bonchev–Trinajstić information content (AvgIpc) is 2.91. The lowest BCUT2D eigenvalue weighted by atomic mass is 10.1.